The SMILES string of the molecule is COc1cc(C(=O)OC2CC(C)(O)C3C(OC4OC(CO)C(O)C(O)C4O)OC=CC23)cc(OC)c1O. The molecule has 0 spiro atoms. The average molecular weight is 529 g/mol. The molecule has 4 rings (SSSR count). The molecular formula is C24H32O13. The summed E-state index contributed by atoms with van der Waals surface area (Å²) in [5.41, 5.74) is -1.40. The zero-order valence-electron chi connectivity index (χ0n) is 20.5. The summed E-state index contributed by atoms with van der Waals surface area (Å²) in [5, 5.41) is 61.1. The molecule has 1 saturated carbocycles. The molecule has 6 N–H and O–H groups in total. The van der Waals surface area contributed by atoms with Crippen molar-refractivity contribution in [3.63, 3.8) is 0 Å². The Bertz CT molecular complexity index is 983. The quantitative estimate of drug-likeness (QED) is 0.236. The van der Waals surface area contributed by atoms with Crippen molar-refractivity contribution in [1.29, 1.82) is 0 Å². The highest BCUT2D eigenvalue weighted by Crippen LogP contribution is 2.48. The third-order valence-electron chi connectivity index (χ3n) is 7.07. The van der Waals surface area contributed by atoms with E-state index in [2.05, 4.69) is 0 Å². The van der Waals surface area contributed by atoms with E-state index in [1.54, 1.807) is 6.08 Å². The van der Waals surface area contributed by atoms with Gasteiger partial charge in [-0.15, -0.1) is 0 Å². The third kappa shape index (κ3) is 5.08. The molecule has 0 bridgehead atoms. The maximum Gasteiger partial charge on any atom is 0.338 e. The minimum absolute atomic E-state index is 0.0153. The molecule has 2 aliphatic heterocycles. The molecule has 10 atom stereocenters. The molecule has 2 heterocycles. The van der Waals surface area contributed by atoms with Gasteiger partial charge in [-0.25, -0.2) is 4.79 Å². The van der Waals surface area contributed by atoms with Crippen LogP contribution < -0.4 is 9.47 Å². The highest BCUT2D eigenvalue weighted by molar-refractivity contribution is 5.91. The fourth-order valence-electron chi connectivity index (χ4n) is 5.11. The number of aliphatic hydroxyl groups excluding tert-OH is 4. The predicted octanol–water partition coefficient (Wildman–Crippen LogP) is -0.992. The van der Waals surface area contributed by atoms with E-state index in [1.165, 1.54) is 39.5 Å². The van der Waals surface area contributed by atoms with Gasteiger partial charge in [0.15, 0.2) is 17.8 Å². The summed E-state index contributed by atoms with van der Waals surface area (Å²) in [6.45, 7) is 0.891. The molecular weight excluding hydrogens is 496 g/mol. The van der Waals surface area contributed by atoms with Crippen LogP contribution in [0.25, 0.3) is 0 Å². The van der Waals surface area contributed by atoms with Crippen LogP contribution >= 0.6 is 0 Å². The number of carbonyl (C=O) groups excluding carboxylic acids is 1. The van der Waals surface area contributed by atoms with E-state index < -0.39 is 73.1 Å². The number of fused-ring (bicyclic) bond motifs is 1. The van der Waals surface area contributed by atoms with Gasteiger partial charge in [-0.05, 0) is 25.1 Å². The normalized spacial score (nSPS) is 39.0. The van der Waals surface area contributed by atoms with Crippen molar-refractivity contribution in [3.8, 4) is 17.2 Å². The first kappa shape index (κ1) is 27.4. The van der Waals surface area contributed by atoms with Crippen LogP contribution in [0, 0.1) is 11.8 Å². The Hall–Kier alpha value is -2.65. The molecule has 13 nitrogen and oxygen atoms in total. The molecule has 1 saturated heterocycles. The molecule has 1 aromatic carbocycles. The lowest BCUT2D eigenvalue weighted by atomic mass is 9.85. The maximum absolute atomic E-state index is 13.0. The second-order valence-corrected chi connectivity index (χ2v) is 9.50. The van der Waals surface area contributed by atoms with Crippen LogP contribution in [0.5, 0.6) is 17.2 Å². The molecule has 0 radical (unpaired) electrons. The number of benzene rings is 1. The Balaban J connectivity index is 1.52. The van der Waals surface area contributed by atoms with Gasteiger partial charge in [0.1, 0.15) is 30.5 Å². The topological polar surface area (TPSA) is 194 Å². The number of aliphatic hydroxyl groups is 5. The molecule has 10 unspecified atom stereocenters. The molecule has 206 valence electrons. The van der Waals surface area contributed by atoms with Gasteiger partial charge in [0, 0.05) is 12.3 Å². The lowest BCUT2D eigenvalue weighted by Gasteiger charge is -2.43. The van der Waals surface area contributed by atoms with Crippen molar-refractivity contribution in [2.75, 3.05) is 20.8 Å². The number of carbonyl (C=O) groups is 1. The van der Waals surface area contributed by atoms with Gasteiger partial charge in [-0.2, -0.15) is 0 Å². The van der Waals surface area contributed by atoms with Crippen molar-refractivity contribution in [2.24, 2.45) is 11.8 Å². The average Bonchev–Trinajstić information content (AvgIpc) is 3.14. The van der Waals surface area contributed by atoms with E-state index in [-0.39, 0.29) is 29.2 Å². The van der Waals surface area contributed by atoms with Gasteiger partial charge >= 0.3 is 5.97 Å². The summed E-state index contributed by atoms with van der Waals surface area (Å²) in [7, 11) is 2.65. The Morgan fingerprint density at radius 2 is 1.73 bits per heavy atom. The second-order valence-electron chi connectivity index (χ2n) is 9.50. The van der Waals surface area contributed by atoms with E-state index >= 15 is 0 Å². The summed E-state index contributed by atoms with van der Waals surface area (Å²) in [5.74, 6) is -2.34. The fourth-order valence-corrected chi connectivity index (χ4v) is 5.11. The first-order valence-corrected chi connectivity index (χ1v) is 11.7. The molecule has 0 amide bonds. The van der Waals surface area contributed by atoms with Crippen molar-refractivity contribution >= 4 is 5.97 Å². The van der Waals surface area contributed by atoms with E-state index in [1.807, 2.05) is 0 Å². The Morgan fingerprint density at radius 3 is 2.32 bits per heavy atom. The van der Waals surface area contributed by atoms with Crippen LogP contribution in [0.3, 0.4) is 0 Å². The largest absolute Gasteiger partial charge is 0.502 e. The monoisotopic (exact) mass is 528 g/mol. The minimum atomic E-state index is -1.66. The molecule has 2 fully saturated rings. The molecule has 1 aromatic rings. The zero-order valence-corrected chi connectivity index (χ0v) is 20.5. The van der Waals surface area contributed by atoms with Crippen LogP contribution in [0.4, 0.5) is 0 Å². The minimum Gasteiger partial charge on any atom is -0.502 e. The number of hydrogen-bond acceptors (Lipinski definition) is 13. The van der Waals surface area contributed by atoms with Crippen molar-refractivity contribution < 1.29 is 63.9 Å². The van der Waals surface area contributed by atoms with Gasteiger partial charge in [0.2, 0.25) is 12.0 Å². The second kappa shape index (κ2) is 10.6. The van der Waals surface area contributed by atoms with Crippen LogP contribution in [-0.2, 0) is 18.9 Å². The van der Waals surface area contributed by atoms with Crippen molar-refractivity contribution in [1.82, 2.24) is 0 Å². The number of ether oxygens (including phenoxy) is 6. The summed E-state index contributed by atoms with van der Waals surface area (Å²) in [4.78, 5) is 13.0. The number of esters is 1. The van der Waals surface area contributed by atoms with Crippen molar-refractivity contribution in [2.45, 2.75) is 62.0 Å². The van der Waals surface area contributed by atoms with Gasteiger partial charge in [0.05, 0.1) is 44.2 Å². The summed E-state index contributed by atoms with van der Waals surface area (Å²) in [6, 6.07) is 2.60. The van der Waals surface area contributed by atoms with Crippen molar-refractivity contribution in [3.05, 3.63) is 30.0 Å². The third-order valence-corrected chi connectivity index (χ3v) is 7.07. The first-order valence-electron chi connectivity index (χ1n) is 11.7. The smallest absolute Gasteiger partial charge is 0.338 e. The molecule has 1 aliphatic carbocycles. The van der Waals surface area contributed by atoms with Gasteiger partial charge in [-0.3, -0.25) is 0 Å². The summed E-state index contributed by atoms with van der Waals surface area (Å²) in [6.07, 6.45) is -6.59. The number of phenols is 1. The van der Waals surface area contributed by atoms with Gasteiger partial charge < -0.3 is 59.1 Å². The lowest BCUT2D eigenvalue weighted by Crippen LogP contribution is -2.60. The summed E-state index contributed by atoms with van der Waals surface area (Å²) >= 11 is 0. The van der Waals surface area contributed by atoms with Crippen LogP contribution in [0.1, 0.15) is 23.7 Å². The van der Waals surface area contributed by atoms with Crippen LogP contribution in [0.15, 0.2) is 24.5 Å². The molecule has 37 heavy (non-hydrogen) atoms. The number of methoxy groups -OCH3 is 2. The van der Waals surface area contributed by atoms with E-state index in [0.29, 0.717) is 0 Å². The Labute approximate surface area is 212 Å². The summed E-state index contributed by atoms with van der Waals surface area (Å²) < 4.78 is 32.6. The molecule has 0 aromatic heterocycles. The lowest BCUT2D eigenvalue weighted by molar-refractivity contribution is -0.346. The zero-order chi connectivity index (χ0) is 27.1. The number of aromatic hydroxyl groups is 1. The Morgan fingerprint density at radius 1 is 1.08 bits per heavy atom. The van der Waals surface area contributed by atoms with Crippen LogP contribution in [0.2, 0.25) is 0 Å². The number of phenolic OH excluding ortho intramolecular Hbond substituents is 1. The van der Waals surface area contributed by atoms with E-state index in [9.17, 15) is 35.4 Å². The van der Waals surface area contributed by atoms with Gasteiger partial charge in [-0.1, -0.05) is 0 Å². The van der Waals surface area contributed by atoms with Gasteiger partial charge in [0.25, 0.3) is 0 Å². The highest BCUT2D eigenvalue weighted by Gasteiger charge is 2.58. The fraction of sp³-hybridized carbons (Fsp3) is 0.625. The van der Waals surface area contributed by atoms with E-state index in [4.69, 9.17) is 28.4 Å². The number of hydrogen-bond donors (Lipinski definition) is 6. The molecule has 3 aliphatic rings. The highest BCUT2D eigenvalue weighted by atomic mass is 16.8. The standard InChI is InChI=1S/C24H32O13/c1-24(31)8-14(35-21(30)10-6-12(32-2)17(26)13(7-10)33-3)11-4-5-34-22(16(11)24)37-23-20(29)19(28)18(27)15(9-25)36-23/h4-7,11,14-16,18-20,22-23,25-29,31H,8-9H2,1-3H3. The van der Waals surface area contributed by atoms with Crippen LogP contribution in [-0.4, -0.2) is 106 Å². The first-order chi connectivity index (χ1) is 17.5. The molecule has 13 heteroatoms. The predicted molar refractivity (Wildman–Crippen MR) is 122 cm³/mol. The number of rotatable bonds is 7. The maximum atomic E-state index is 13.0. The Kier molecular flexibility index (Phi) is 7.85. The van der Waals surface area contributed by atoms with E-state index in [0.717, 1.165) is 0 Å².